The highest BCUT2D eigenvalue weighted by Gasteiger charge is 2.22. The second-order valence-electron chi connectivity index (χ2n) is 5.41. The second kappa shape index (κ2) is 6.36. The van der Waals surface area contributed by atoms with E-state index in [4.69, 9.17) is 11.6 Å². The van der Waals surface area contributed by atoms with Crippen LogP contribution in [0.25, 0.3) is 0 Å². The van der Waals surface area contributed by atoms with Gasteiger partial charge in [0.1, 0.15) is 0 Å². The zero-order valence-corrected chi connectivity index (χ0v) is 13.2. The van der Waals surface area contributed by atoms with Gasteiger partial charge in [0.25, 0.3) is 0 Å². The molecule has 1 saturated heterocycles. The number of pyridine rings is 1. The summed E-state index contributed by atoms with van der Waals surface area (Å²) >= 11 is 6.17. The number of hydrogen-bond donors (Lipinski definition) is 1. The molecule has 116 valence electrons. The summed E-state index contributed by atoms with van der Waals surface area (Å²) in [6, 6.07) is 3.82. The largest absolute Gasteiger partial charge is 0.367 e. The normalized spacial score (nSPS) is 15.2. The molecule has 0 atom stereocenters. The first-order valence-electron chi connectivity index (χ1n) is 7.26. The maximum atomic E-state index is 12.3. The van der Waals surface area contributed by atoms with Crippen LogP contribution >= 0.6 is 11.6 Å². The minimum Gasteiger partial charge on any atom is -0.367 e. The molecule has 0 radical (unpaired) electrons. The van der Waals surface area contributed by atoms with Gasteiger partial charge in [-0.25, -0.2) is 0 Å². The van der Waals surface area contributed by atoms with Gasteiger partial charge >= 0.3 is 0 Å². The molecule has 3 rings (SSSR count). The van der Waals surface area contributed by atoms with Gasteiger partial charge in [-0.05, 0) is 19.1 Å². The molecule has 1 aliphatic rings. The zero-order chi connectivity index (χ0) is 15.5. The number of H-pyrrole nitrogens is 1. The number of aromatic amines is 1. The molecule has 22 heavy (non-hydrogen) atoms. The molecular formula is C15H18ClN5O. The van der Waals surface area contributed by atoms with Crippen LogP contribution in [0.15, 0.2) is 24.5 Å². The van der Waals surface area contributed by atoms with E-state index in [9.17, 15) is 4.79 Å². The average Bonchev–Trinajstić information content (AvgIpc) is 2.93. The Morgan fingerprint density at radius 3 is 2.77 bits per heavy atom. The third-order valence-electron chi connectivity index (χ3n) is 3.82. The Kier molecular flexibility index (Phi) is 4.29. The first-order valence-corrected chi connectivity index (χ1v) is 7.64. The SMILES string of the molecule is Cc1cc(CC(=O)N2CCN(c3ccncc3Cl)CC2)n[nH]1. The molecular weight excluding hydrogens is 302 g/mol. The number of nitrogens with zero attached hydrogens (tertiary/aromatic N) is 4. The van der Waals surface area contributed by atoms with E-state index in [1.807, 2.05) is 24.0 Å². The predicted molar refractivity (Wildman–Crippen MR) is 85.1 cm³/mol. The van der Waals surface area contributed by atoms with Crippen LogP contribution in [0.1, 0.15) is 11.4 Å². The lowest BCUT2D eigenvalue weighted by molar-refractivity contribution is -0.130. The number of rotatable bonds is 3. The topological polar surface area (TPSA) is 65.1 Å². The summed E-state index contributed by atoms with van der Waals surface area (Å²) in [5.41, 5.74) is 2.74. The number of carbonyl (C=O) groups excluding carboxylic acids is 1. The van der Waals surface area contributed by atoms with Gasteiger partial charge < -0.3 is 9.80 Å². The van der Waals surface area contributed by atoms with Crippen LogP contribution in [0, 0.1) is 6.92 Å². The molecule has 0 bridgehead atoms. The number of anilines is 1. The van der Waals surface area contributed by atoms with Crippen molar-refractivity contribution >= 4 is 23.2 Å². The number of carbonyl (C=O) groups is 1. The maximum Gasteiger partial charge on any atom is 0.228 e. The van der Waals surface area contributed by atoms with Crippen molar-refractivity contribution in [3.05, 3.63) is 40.9 Å². The van der Waals surface area contributed by atoms with E-state index in [1.54, 1.807) is 12.4 Å². The molecule has 7 heteroatoms. The summed E-state index contributed by atoms with van der Waals surface area (Å²) in [7, 11) is 0. The van der Waals surface area contributed by atoms with E-state index in [-0.39, 0.29) is 5.91 Å². The van der Waals surface area contributed by atoms with Crippen molar-refractivity contribution in [2.75, 3.05) is 31.1 Å². The Balaban J connectivity index is 1.57. The molecule has 1 amide bonds. The smallest absolute Gasteiger partial charge is 0.228 e. The van der Waals surface area contributed by atoms with Crippen LogP contribution in [-0.4, -0.2) is 52.2 Å². The van der Waals surface area contributed by atoms with Gasteiger partial charge in [-0.1, -0.05) is 11.6 Å². The van der Waals surface area contributed by atoms with Crippen LogP contribution in [0.2, 0.25) is 5.02 Å². The number of aryl methyl sites for hydroxylation is 1. The molecule has 1 fully saturated rings. The predicted octanol–water partition coefficient (Wildman–Crippen LogP) is 1.66. The second-order valence-corrected chi connectivity index (χ2v) is 5.82. The number of halogens is 1. The van der Waals surface area contributed by atoms with Crippen LogP contribution in [0.5, 0.6) is 0 Å². The van der Waals surface area contributed by atoms with Gasteiger partial charge in [-0.15, -0.1) is 0 Å². The fourth-order valence-electron chi connectivity index (χ4n) is 2.65. The monoisotopic (exact) mass is 319 g/mol. The van der Waals surface area contributed by atoms with Crippen molar-refractivity contribution in [3.8, 4) is 0 Å². The molecule has 1 N–H and O–H groups in total. The van der Waals surface area contributed by atoms with E-state index in [0.717, 1.165) is 30.2 Å². The van der Waals surface area contributed by atoms with Gasteiger partial charge in [0.2, 0.25) is 5.91 Å². The van der Waals surface area contributed by atoms with Crippen molar-refractivity contribution in [2.45, 2.75) is 13.3 Å². The van der Waals surface area contributed by atoms with Crippen molar-refractivity contribution in [1.29, 1.82) is 0 Å². The fraction of sp³-hybridized carbons (Fsp3) is 0.400. The summed E-state index contributed by atoms with van der Waals surface area (Å²) in [5.74, 6) is 0.118. The van der Waals surface area contributed by atoms with Crippen LogP contribution in [0.3, 0.4) is 0 Å². The van der Waals surface area contributed by atoms with Gasteiger partial charge in [-0.3, -0.25) is 14.9 Å². The first kappa shape index (κ1) is 14.8. The summed E-state index contributed by atoms with van der Waals surface area (Å²) in [6.07, 6.45) is 3.73. The Bertz CT molecular complexity index is 663. The third-order valence-corrected chi connectivity index (χ3v) is 4.11. The van der Waals surface area contributed by atoms with Crippen LogP contribution in [0.4, 0.5) is 5.69 Å². The van der Waals surface area contributed by atoms with Crippen LogP contribution < -0.4 is 4.90 Å². The van der Waals surface area contributed by atoms with Crippen molar-refractivity contribution in [2.24, 2.45) is 0 Å². The van der Waals surface area contributed by atoms with Gasteiger partial charge in [0.05, 0.1) is 22.8 Å². The van der Waals surface area contributed by atoms with E-state index in [0.29, 0.717) is 24.5 Å². The standard InChI is InChI=1S/C15H18ClN5O/c1-11-8-12(19-18-11)9-15(22)21-6-4-20(5-7-21)14-2-3-17-10-13(14)16/h2-3,8,10H,4-7,9H2,1H3,(H,18,19). The van der Waals surface area contributed by atoms with Crippen molar-refractivity contribution < 1.29 is 4.79 Å². The number of aromatic nitrogens is 3. The van der Waals surface area contributed by atoms with Crippen molar-refractivity contribution in [1.82, 2.24) is 20.1 Å². The minimum absolute atomic E-state index is 0.118. The summed E-state index contributed by atoms with van der Waals surface area (Å²) in [4.78, 5) is 20.4. The molecule has 3 heterocycles. The first-order chi connectivity index (χ1) is 10.6. The fourth-order valence-corrected chi connectivity index (χ4v) is 2.89. The molecule has 0 aliphatic carbocycles. The van der Waals surface area contributed by atoms with Gasteiger partial charge in [0, 0.05) is 44.3 Å². The number of hydrogen-bond acceptors (Lipinski definition) is 4. The summed E-state index contributed by atoms with van der Waals surface area (Å²) in [5, 5.41) is 7.63. The quantitative estimate of drug-likeness (QED) is 0.934. The highest BCUT2D eigenvalue weighted by atomic mass is 35.5. The maximum absolute atomic E-state index is 12.3. The minimum atomic E-state index is 0.118. The summed E-state index contributed by atoms with van der Waals surface area (Å²) < 4.78 is 0. The molecule has 0 unspecified atom stereocenters. The molecule has 0 saturated carbocycles. The van der Waals surface area contributed by atoms with E-state index >= 15 is 0 Å². The molecule has 2 aromatic rings. The molecule has 6 nitrogen and oxygen atoms in total. The van der Waals surface area contributed by atoms with E-state index in [2.05, 4.69) is 20.1 Å². The lowest BCUT2D eigenvalue weighted by Crippen LogP contribution is -2.49. The zero-order valence-electron chi connectivity index (χ0n) is 12.4. The third kappa shape index (κ3) is 3.22. The van der Waals surface area contributed by atoms with Crippen molar-refractivity contribution in [3.63, 3.8) is 0 Å². The van der Waals surface area contributed by atoms with Crippen LogP contribution in [-0.2, 0) is 11.2 Å². The highest BCUT2D eigenvalue weighted by molar-refractivity contribution is 6.33. The number of nitrogens with one attached hydrogen (secondary N) is 1. The van der Waals surface area contributed by atoms with Gasteiger partial charge in [-0.2, -0.15) is 5.10 Å². The summed E-state index contributed by atoms with van der Waals surface area (Å²) in [6.45, 7) is 4.87. The van der Waals surface area contributed by atoms with E-state index in [1.165, 1.54) is 0 Å². The Hall–Kier alpha value is -2.08. The molecule has 0 aromatic carbocycles. The Morgan fingerprint density at radius 2 is 2.14 bits per heavy atom. The molecule has 1 aliphatic heterocycles. The number of amides is 1. The lowest BCUT2D eigenvalue weighted by atomic mass is 10.2. The average molecular weight is 320 g/mol. The molecule has 2 aromatic heterocycles. The Morgan fingerprint density at radius 1 is 1.36 bits per heavy atom. The van der Waals surface area contributed by atoms with E-state index < -0.39 is 0 Å². The lowest BCUT2D eigenvalue weighted by Gasteiger charge is -2.36. The molecule has 0 spiro atoms. The number of piperazine rings is 1. The Labute approximate surface area is 134 Å². The van der Waals surface area contributed by atoms with Gasteiger partial charge in [0.15, 0.2) is 0 Å². The highest BCUT2D eigenvalue weighted by Crippen LogP contribution is 2.25.